The van der Waals surface area contributed by atoms with Gasteiger partial charge in [-0.3, -0.25) is 0 Å². The third kappa shape index (κ3) is 5.55. The first kappa shape index (κ1) is 16.5. The maximum Gasteiger partial charge on any atom is -0.00497 e. The van der Waals surface area contributed by atoms with Gasteiger partial charge in [0, 0.05) is 0 Å². The van der Waals surface area contributed by atoms with Crippen LogP contribution in [0.5, 0.6) is 0 Å². The van der Waals surface area contributed by atoms with Crippen LogP contribution in [-0.4, -0.2) is 0 Å². The molecule has 0 saturated heterocycles. The van der Waals surface area contributed by atoms with Gasteiger partial charge in [-0.2, -0.15) is 0 Å². The van der Waals surface area contributed by atoms with Gasteiger partial charge in [0.2, 0.25) is 0 Å². The second-order valence-corrected chi connectivity index (χ2v) is 6.46. The molecule has 0 nitrogen and oxygen atoms in total. The summed E-state index contributed by atoms with van der Waals surface area (Å²) in [4.78, 5) is 0. The molecule has 0 atom stereocenters. The fraction of sp³-hybridized carbons (Fsp3) is 0.789. The van der Waals surface area contributed by atoms with Crippen LogP contribution in [0.4, 0.5) is 0 Å². The van der Waals surface area contributed by atoms with Crippen LogP contribution in [0.25, 0.3) is 0 Å². The predicted octanol–water partition coefficient (Wildman–Crippen LogP) is 6.82. The number of unbranched alkanes of at least 4 members (excludes halogenated alkanes) is 7. The molecule has 1 rings (SSSR count). The molecular weight excluding hydrogens is 228 g/mol. The SMILES string of the molecule is C=C(C(C)=CC)C1(CCCCCCCCCC)CC1. The summed E-state index contributed by atoms with van der Waals surface area (Å²) < 4.78 is 0. The Hall–Kier alpha value is -0.520. The Bertz CT molecular complexity index is 291. The first-order chi connectivity index (χ1) is 9.16. The Morgan fingerprint density at radius 3 is 2.00 bits per heavy atom. The second-order valence-electron chi connectivity index (χ2n) is 6.46. The molecule has 0 aromatic carbocycles. The van der Waals surface area contributed by atoms with Gasteiger partial charge in [0.25, 0.3) is 0 Å². The van der Waals surface area contributed by atoms with Crippen molar-refractivity contribution in [3.63, 3.8) is 0 Å². The quantitative estimate of drug-likeness (QED) is 0.283. The summed E-state index contributed by atoms with van der Waals surface area (Å²) in [6, 6.07) is 0. The molecule has 0 bridgehead atoms. The molecule has 0 spiro atoms. The fourth-order valence-corrected chi connectivity index (χ4v) is 3.04. The first-order valence-corrected chi connectivity index (χ1v) is 8.49. The highest BCUT2D eigenvalue weighted by molar-refractivity contribution is 5.36. The van der Waals surface area contributed by atoms with E-state index < -0.39 is 0 Å². The van der Waals surface area contributed by atoms with E-state index in [1.165, 1.54) is 81.8 Å². The minimum atomic E-state index is 0.513. The molecule has 0 amide bonds. The molecule has 0 heteroatoms. The predicted molar refractivity (Wildman–Crippen MR) is 87.5 cm³/mol. The van der Waals surface area contributed by atoms with Crippen LogP contribution in [-0.2, 0) is 0 Å². The molecule has 0 aromatic rings. The lowest BCUT2D eigenvalue weighted by Gasteiger charge is -2.19. The van der Waals surface area contributed by atoms with E-state index in [4.69, 9.17) is 0 Å². The standard InChI is InChI=1S/C19H34/c1-5-7-8-9-10-11-12-13-14-19(15-16-19)18(4)17(3)6-2/h6H,4-5,7-16H2,1-3H3. The monoisotopic (exact) mass is 262 g/mol. The van der Waals surface area contributed by atoms with Crippen molar-refractivity contribution < 1.29 is 0 Å². The van der Waals surface area contributed by atoms with Gasteiger partial charge in [0.15, 0.2) is 0 Å². The summed E-state index contributed by atoms with van der Waals surface area (Å²) in [5.74, 6) is 0. The summed E-state index contributed by atoms with van der Waals surface area (Å²) in [5.41, 5.74) is 3.36. The highest BCUT2D eigenvalue weighted by Crippen LogP contribution is 2.56. The molecule has 0 N–H and O–H groups in total. The molecule has 1 saturated carbocycles. The molecule has 0 aliphatic heterocycles. The Labute approximate surface area is 121 Å². The highest BCUT2D eigenvalue weighted by Gasteiger charge is 2.44. The first-order valence-electron chi connectivity index (χ1n) is 8.49. The third-order valence-corrected chi connectivity index (χ3v) is 4.91. The molecule has 110 valence electrons. The van der Waals surface area contributed by atoms with Gasteiger partial charge in [-0.15, -0.1) is 0 Å². The lowest BCUT2D eigenvalue weighted by molar-refractivity contribution is 0.490. The van der Waals surface area contributed by atoms with Crippen molar-refractivity contribution in [1.29, 1.82) is 0 Å². The zero-order chi connectivity index (χ0) is 14.1. The lowest BCUT2D eigenvalue weighted by atomic mass is 9.86. The summed E-state index contributed by atoms with van der Waals surface area (Å²) in [5, 5.41) is 0. The van der Waals surface area contributed by atoms with Crippen LogP contribution in [0.1, 0.15) is 91.4 Å². The molecular formula is C19H34. The molecule has 1 aliphatic carbocycles. The van der Waals surface area contributed by atoms with Crippen LogP contribution in [0.3, 0.4) is 0 Å². The Morgan fingerprint density at radius 2 is 1.53 bits per heavy atom. The fourth-order valence-electron chi connectivity index (χ4n) is 3.04. The number of hydrogen-bond acceptors (Lipinski definition) is 0. The molecule has 1 fully saturated rings. The van der Waals surface area contributed by atoms with Crippen molar-refractivity contribution in [3.8, 4) is 0 Å². The lowest BCUT2D eigenvalue weighted by Crippen LogP contribution is -2.05. The molecule has 0 unspecified atom stereocenters. The average Bonchev–Trinajstić information content (AvgIpc) is 3.21. The van der Waals surface area contributed by atoms with Gasteiger partial charge in [-0.05, 0) is 44.1 Å². The van der Waals surface area contributed by atoms with Gasteiger partial charge in [-0.1, -0.05) is 76.5 Å². The number of rotatable bonds is 11. The zero-order valence-electron chi connectivity index (χ0n) is 13.6. The van der Waals surface area contributed by atoms with E-state index in [9.17, 15) is 0 Å². The highest BCUT2D eigenvalue weighted by atomic mass is 14.5. The van der Waals surface area contributed by atoms with Gasteiger partial charge in [0.1, 0.15) is 0 Å². The smallest absolute Gasteiger partial charge is 0.00497 e. The van der Waals surface area contributed by atoms with Crippen molar-refractivity contribution in [3.05, 3.63) is 23.8 Å². The van der Waals surface area contributed by atoms with E-state index in [1.807, 2.05) is 0 Å². The molecule has 1 aliphatic rings. The Balaban J connectivity index is 2.08. The summed E-state index contributed by atoms with van der Waals surface area (Å²) in [7, 11) is 0. The topological polar surface area (TPSA) is 0 Å². The largest absolute Gasteiger partial charge is 0.0950 e. The van der Waals surface area contributed by atoms with Crippen molar-refractivity contribution in [2.75, 3.05) is 0 Å². The van der Waals surface area contributed by atoms with Gasteiger partial charge in [0.05, 0.1) is 0 Å². The minimum Gasteiger partial charge on any atom is -0.0950 e. The van der Waals surface area contributed by atoms with Gasteiger partial charge >= 0.3 is 0 Å². The molecule has 0 radical (unpaired) electrons. The van der Waals surface area contributed by atoms with E-state index in [-0.39, 0.29) is 0 Å². The summed E-state index contributed by atoms with van der Waals surface area (Å²) >= 11 is 0. The van der Waals surface area contributed by atoms with Gasteiger partial charge in [-0.25, -0.2) is 0 Å². The van der Waals surface area contributed by atoms with E-state index in [0.717, 1.165) is 0 Å². The molecule has 19 heavy (non-hydrogen) atoms. The van der Waals surface area contributed by atoms with Crippen molar-refractivity contribution in [1.82, 2.24) is 0 Å². The summed E-state index contributed by atoms with van der Waals surface area (Å²) in [6.07, 6.45) is 17.8. The minimum absolute atomic E-state index is 0.513. The van der Waals surface area contributed by atoms with E-state index >= 15 is 0 Å². The molecule has 0 heterocycles. The maximum absolute atomic E-state index is 4.34. The van der Waals surface area contributed by atoms with E-state index in [0.29, 0.717) is 5.41 Å². The van der Waals surface area contributed by atoms with Crippen molar-refractivity contribution in [2.24, 2.45) is 5.41 Å². The number of allylic oxidation sites excluding steroid dienone is 3. The Kier molecular flexibility index (Phi) is 7.49. The molecule has 0 aromatic heterocycles. The van der Waals surface area contributed by atoms with E-state index in [1.54, 1.807) is 0 Å². The van der Waals surface area contributed by atoms with Crippen LogP contribution < -0.4 is 0 Å². The summed E-state index contributed by atoms with van der Waals surface area (Å²) in [6.45, 7) is 11.0. The Morgan fingerprint density at radius 1 is 1.00 bits per heavy atom. The third-order valence-electron chi connectivity index (χ3n) is 4.91. The van der Waals surface area contributed by atoms with E-state index in [2.05, 4.69) is 33.4 Å². The van der Waals surface area contributed by atoms with Crippen LogP contribution in [0, 0.1) is 5.41 Å². The zero-order valence-corrected chi connectivity index (χ0v) is 13.6. The average molecular weight is 262 g/mol. The van der Waals surface area contributed by atoms with Crippen LogP contribution >= 0.6 is 0 Å². The second kappa shape index (κ2) is 8.61. The normalized spacial score (nSPS) is 17.5. The number of hydrogen-bond donors (Lipinski definition) is 0. The maximum atomic E-state index is 4.34. The van der Waals surface area contributed by atoms with Crippen molar-refractivity contribution in [2.45, 2.75) is 91.4 Å². The van der Waals surface area contributed by atoms with Gasteiger partial charge < -0.3 is 0 Å². The van der Waals surface area contributed by atoms with Crippen LogP contribution in [0.15, 0.2) is 23.8 Å². The van der Waals surface area contributed by atoms with Crippen molar-refractivity contribution >= 4 is 0 Å². The van der Waals surface area contributed by atoms with Crippen LogP contribution in [0.2, 0.25) is 0 Å².